The number of aromatic nitrogens is 3. The summed E-state index contributed by atoms with van der Waals surface area (Å²) in [6.07, 6.45) is 2.05. The number of carbonyl (C=O) groups is 1. The van der Waals surface area contributed by atoms with Crippen LogP contribution in [0, 0.1) is 11.8 Å². The van der Waals surface area contributed by atoms with Crippen LogP contribution in [0.1, 0.15) is 44.5 Å². The lowest BCUT2D eigenvalue weighted by molar-refractivity contribution is 0.0288. The summed E-state index contributed by atoms with van der Waals surface area (Å²) in [6.45, 7) is 6.61. The first-order valence-electron chi connectivity index (χ1n) is 11.1. The molecule has 1 aliphatic rings. The van der Waals surface area contributed by atoms with Crippen molar-refractivity contribution in [3.8, 4) is 23.3 Å². The third-order valence-corrected chi connectivity index (χ3v) is 6.13. The summed E-state index contributed by atoms with van der Waals surface area (Å²) in [5.74, 6) is 7.90. The normalized spacial score (nSPS) is 15.6. The van der Waals surface area contributed by atoms with E-state index in [1.165, 1.54) is 0 Å². The number of amides is 1. The van der Waals surface area contributed by atoms with Crippen molar-refractivity contribution in [3.63, 3.8) is 0 Å². The van der Waals surface area contributed by atoms with Gasteiger partial charge in [-0.25, -0.2) is 9.78 Å². The molecule has 1 fully saturated rings. The molecule has 3 aromatic rings. The van der Waals surface area contributed by atoms with Crippen LogP contribution in [-0.4, -0.2) is 58.7 Å². The van der Waals surface area contributed by atoms with Crippen LogP contribution in [0.25, 0.3) is 10.9 Å². The highest BCUT2D eigenvalue weighted by molar-refractivity contribution is 9.10. The van der Waals surface area contributed by atoms with Crippen molar-refractivity contribution < 1.29 is 19.0 Å². The fraction of sp³-hybridized carbons (Fsp3) is 0.400. The smallest absolute Gasteiger partial charge is 0.410 e. The Morgan fingerprint density at radius 1 is 1.17 bits per heavy atom. The molecule has 0 bridgehead atoms. The van der Waals surface area contributed by atoms with E-state index in [9.17, 15) is 4.79 Å². The van der Waals surface area contributed by atoms with Gasteiger partial charge in [-0.15, -0.1) is 0 Å². The lowest BCUT2D eigenvalue weighted by atomic mass is 10.1. The SMILES string of the molecule is COc1cc(C#Cc2nn([C@H]3CCN(C(=O)OC(C)(C)C)C3)c3c(Br)cnc(N)c23)cc(OC)c1. The van der Waals surface area contributed by atoms with Gasteiger partial charge in [0.1, 0.15) is 28.6 Å². The van der Waals surface area contributed by atoms with E-state index in [-0.39, 0.29) is 12.1 Å². The van der Waals surface area contributed by atoms with Gasteiger partial charge in [-0.2, -0.15) is 5.10 Å². The number of hydrogen-bond donors (Lipinski definition) is 1. The number of likely N-dealkylation sites (tertiary alicyclic amines) is 1. The molecule has 1 amide bonds. The van der Waals surface area contributed by atoms with Gasteiger partial charge in [0.15, 0.2) is 0 Å². The zero-order valence-corrected chi connectivity index (χ0v) is 22.0. The van der Waals surface area contributed by atoms with Crippen LogP contribution in [0.5, 0.6) is 11.5 Å². The van der Waals surface area contributed by atoms with Crippen molar-refractivity contribution in [1.29, 1.82) is 0 Å². The molecule has 1 aliphatic heterocycles. The number of pyridine rings is 1. The van der Waals surface area contributed by atoms with E-state index in [4.69, 9.17) is 25.0 Å². The number of benzene rings is 1. The van der Waals surface area contributed by atoms with Gasteiger partial charge in [0.05, 0.1) is 35.6 Å². The van der Waals surface area contributed by atoms with Crippen molar-refractivity contribution in [2.24, 2.45) is 0 Å². The van der Waals surface area contributed by atoms with Gasteiger partial charge in [-0.3, -0.25) is 4.68 Å². The number of nitrogens with zero attached hydrogens (tertiary/aromatic N) is 4. The Morgan fingerprint density at radius 3 is 2.49 bits per heavy atom. The number of methoxy groups -OCH3 is 2. The number of fused-ring (bicyclic) bond motifs is 1. The number of halogens is 1. The topological polar surface area (TPSA) is 105 Å². The largest absolute Gasteiger partial charge is 0.497 e. The molecule has 4 rings (SSSR count). The third-order valence-electron chi connectivity index (χ3n) is 5.55. The van der Waals surface area contributed by atoms with Gasteiger partial charge in [-0.05, 0) is 61.2 Å². The average molecular weight is 542 g/mol. The molecule has 2 N–H and O–H groups in total. The Kier molecular flexibility index (Phi) is 6.81. The van der Waals surface area contributed by atoms with Crippen LogP contribution in [0.2, 0.25) is 0 Å². The summed E-state index contributed by atoms with van der Waals surface area (Å²) in [4.78, 5) is 18.6. The predicted octanol–water partition coefficient (Wildman–Crippen LogP) is 4.37. The molecule has 35 heavy (non-hydrogen) atoms. The van der Waals surface area contributed by atoms with Crippen LogP contribution >= 0.6 is 15.9 Å². The van der Waals surface area contributed by atoms with E-state index in [1.807, 2.05) is 37.6 Å². The van der Waals surface area contributed by atoms with Crippen LogP contribution < -0.4 is 15.2 Å². The summed E-state index contributed by atoms with van der Waals surface area (Å²) < 4.78 is 18.9. The number of nitrogens with two attached hydrogens (primary N) is 1. The number of hydrogen-bond acceptors (Lipinski definition) is 7. The van der Waals surface area contributed by atoms with E-state index in [2.05, 4.69) is 32.8 Å². The molecule has 3 heterocycles. The maximum atomic E-state index is 12.6. The second-order valence-corrected chi connectivity index (χ2v) is 10.1. The van der Waals surface area contributed by atoms with Crippen molar-refractivity contribution >= 4 is 38.7 Å². The molecular formula is C25H28BrN5O4. The molecule has 184 valence electrons. The summed E-state index contributed by atoms with van der Waals surface area (Å²) in [5.41, 5.74) is 7.72. The van der Waals surface area contributed by atoms with Crippen LogP contribution in [0.15, 0.2) is 28.9 Å². The molecule has 0 unspecified atom stereocenters. The van der Waals surface area contributed by atoms with Crippen molar-refractivity contribution in [2.45, 2.75) is 38.8 Å². The number of rotatable bonds is 3. The van der Waals surface area contributed by atoms with Gasteiger partial charge in [-0.1, -0.05) is 5.92 Å². The summed E-state index contributed by atoms with van der Waals surface area (Å²) >= 11 is 3.59. The van der Waals surface area contributed by atoms with Crippen LogP contribution in [0.4, 0.5) is 10.6 Å². The summed E-state index contributed by atoms with van der Waals surface area (Å²) in [6, 6.07) is 5.37. The van der Waals surface area contributed by atoms with Gasteiger partial charge >= 0.3 is 6.09 Å². The highest BCUT2D eigenvalue weighted by atomic mass is 79.9. The highest BCUT2D eigenvalue weighted by Gasteiger charge is 2.33. The zero-order valence-electron chi connectivity index (χ0n) is 20.4. The standard InChI is InChI=1S/C25H28BrN5O4/c1-25(2,3)35-24(32)30-9-8-16(14-30)31-22-19(26)13-28-23(27)21(22)20(29-31)7-6-15-10-17(33-4)12-18(11-15)34-5/h10-13,16H,8-9,14H2,1-5H3,(H2,27,28)/t16-/m0/s1. The Morgan fingerprint density at radius 2 is 1.86 bits per heavy atom. The summed E-state index contributed by atoms with van der Waals surface area (Å²) in [5, 5.41) is 5.48. The second-order valence-electron chi connectivity index (χ2n) is 9.23. The van der Waals surface area contributed by atoms with E-state index < -0.39 is 5.60 Å². The lowest BCUT2D eigenvalue weighted by Gasteiger charge is -2.24. The fourth-order valence-electron chi connectivity index (χ4n) is 3.95. The number of ether oxygens (including phenoxy) is 3. The molecule has 1 aromatic carbocycles. The van der Waals surface area contributed by atoms with E-state index in [0.717, 1.165) is 16.4 Å². The molecule has 1 saturated heterocycles. The minimum Gasteiger partial charge on any atom is -0.497 e. The van der Waals surface area contributed by atoms with Gasteiger partial charge in [0.2, 0.25) is 0 Å². The molecule has 0 radical (unpaired) electrons. The second kappa shape index (κ2) is 9.66. The molecule has 2 aromatic heterocycles. The maximum absolute atomic E-state index is 12.6. The van der Waals surface area contributed by atoms with E-state index >= 15 is 0 Å². The minimum absolute atomic E-state index is 0.0596. The van der Waals surface area contributed by atoms with Crippen LogP contribution in [-0.2, 0) is 4.74 Å². The molecule has 10 heteroatoms. The first kappa shape index (κ1) is 24.7. The molecule has 0 saturated carbocycles. The summed E-state index contributed by atoms with van der Waals surface area (Å²) in [7, 11) is 3.18. The maximum Gasteiger partial charge on any atom is 0.410 e. The average Bonchev–Trinajstić information content (AvgIpc) is 3.44. The van der Waals surface area contributed by atoms with Gasteiger partial charge < -0.3 is 24.8 Å². The molecule has 9 nitrogen and oxygen atoms in total. The molecule has 1 atom stereocenters. The number of anilines is 1. The van der Waals surface area contributed by atoms with E-state index in [1.54, 1.807) is 31.4 Å². The van der Waals surface area contributed by atoms with Crippen molar-refractivity contribution in [2.75, 3.05) is 33.0 Å². The molecular weight excluding hydrogens is 514 g/mol. The monoisotopic (exact) mass is 541 g/mol. The Hall–Kier alpha value is -3.45. The Balaban J connectivity index is 1.72. The first-order valence-corrected chi connectivity index (χ1v) is 11.9. The van der Waals surface area contributed by atoms with Gasteiger partial charge in [0.25, 0.3) is 0 Å². The Bertz CT molecular complexity index is 1310. The highest BCUT2D eigenvalue weighted by Crippen LogP contribution is 2.34. The molecule has 0 aliphatic carbocycles. The quantitative estimate of drug-likeness (QED) is 0.490. The number of carbonyl (C=O) groups excluding carboxylic acids is 1. The fourth-order valence-corrected chi connectivity index (χ4v) is 4.44. The predicted molar refractivity (Wildman–Crippen MR) is 137 cm³/mol. The van der Waals surface area contributed by atoms with Crippen LogP contribution in [0.3, 0.4) is 0 Å². The van der Waals surface area contributed by atoms with Crippen molar-refractivity contribution in [1.82, 2.24) is 19.7 Å². The molecule has 0 spiro atoms. The minimum atomic E-state index is -0.553. The zero-order chi connectivity index (χ0) is 25.3. The van der Waals surface area contributed by atoms with Crippen molar-refractivity contribution in [3.05, 3.63) is 40.1 Å². The number of nitrogen functional groups attached to an aromatic ring is 1. The third kappa shape index (κ3) is 5.30. The Labute approximate surface area is 212 Å². The van der Waals surface area contributed by atoms with E-state index in [0.29, 0.717) is 47.1 Å². The lowest BCUT2D eigenvalue weighted by Crippen LogP contribution is -2.35. The first-order chi connectivity index (χ1) is 16.6. The van der Waals surface area contributed by atoms with Gasteiger partial charge in [0, 0.05) is 30.9 Å².